The molecule has 0 spiro atoms. The molecule has 102 valence electrons. The fourth-order valence-corrected chi connectivity index (χ4v) is 1.94. The number of hydrogen-bond donors (Lipinski definition) is 2. The summed E-state index contributed by atoms with van der Waals surface area (Å²) in [7, 11) is 1.47. The van der Waals surface area contributed by atoms with Crippen LogP contribution in [0.1, 0.15) is 23.2 Å². The number of rotatable bonds is 4. The van der Waals surface area contributed by atoms with Gasteiger partial charge in [0.1, 0.15) is 11.9 Å². The van der Waals surface area contributed by atoms with Crippen molar-refractivity contribution >= 4 is 17.6 Å². The molecule has 1 atom stereocenters. The third-order valence-electron chi connectivity index (χ3n) is 2.94. The maximum absolute atomic E-state index is 11.9. The van der Waals surface area contributed by atoms with Crippen molar-refractivity contribution in [3.05, 3.63) is 23.8 Å². The van der Waals surface area contributed by atoms with E-state index in [9.17, 15) is 9.59 Å². The molecule has 1 aromatic rings. The number of carboxylic acids is 1. The zero-order valence-electron chi connectivity index (χ0n) is 10.5. The van der Waals surface area contributed by atoms with E-state index in [0.29, 0.717) is 18.8 Å². The first-order chi connectivity index (χ1) is 9.11. The van der Waals surface area contributed by atoms with Gasteiger partial charge in [-0.3, -0.25) is 4.79 Å². The number of methoxy groups -OCH3 is 1. The predicted octanol–water partition coefficient (Wildman–Crippen LogP) is 1.51. The molecule has 0 bridgehead atoms. The smallest absolute Gasteiger partial charge is 0.337 e. The van der Waals surface area contributed by atoms with Gasteiger partial charge in [-0.2, -0.15) is 0 Å². The maximum atomic E-state index is 11.9. The molecule has 2 rings (SSSR count). The highest BCUT2D eigenvalue weighted by atomic mass is 16.5. The van der Waals surface area contributed by atoms with E-state index >= 15 is 0 Å². The average molecular weight is 265 g/mol. The average Bonchev–Trinajstić information content (AvgIpc) is 2.92. The Morgan fingerprint density at radius 2 is 2.26 bits per heavy atom. The summed E-state index contributed by atoms with van der Waals surface area (Å²) in [6, 6.07) is 4.41. The fourth-order valence-electron chi connectivity index (χ4n) is 1.94. The maximum Gasteiger partial charge on any atom is 0.337 e. The summed E-state index contributed by atoms with van der Waals surface area (Å²) < 4.78 is 10.3. The zero-order valence-corrected chi connectivity index (χ0v) is 10.5. The molecule has 0 aromatic heterocycles. The standard InChI is InChI=1S/C13H15NO5/c1-18-8-4-5-9(13(16)17)10(7-8)14-12(15)11-3-2-6-19-11/h4-5,7,11H,2-3,6H2,1H3,(H,14,15)(H,16,17)/t11-/m1/s1. The van der Waals surface area contributed by atoms with Crippen LogP contribution >= 0.6 is 0 Å². The lowest BCUT2D eigenvalue weighted by Crippen LogP contribution is -2.27. The lowest BCUT2D eigenvalue weighted by Gasteiger charge is -2.13. The van der Waals surface area contributed by atoms with Gasteiger partial charge in [0, 0.05) is 12.7 Å². The number of ether oxygens (including phenoxy) is 2. The summed E-state index contributed by atoms with van der Waals surface area (Å²) >= 11 is 0. The molecule has 1 aliphatic heterocycles. The van der Waals surface area contributed by atoms with Crippen LogP contribution in [-0.2, 0) is 9.53 Å². The Hall–Kier alpha value is -2.08. The van der Waals surface area contributed by atoms with Crippen LogP contribution in [0.3, 0.4) is 0 Å². The summed E-state index contributed by atoms with van der Waals surface area (Å²) in [6.07, 6.45) is 0.980. The van der Waals surface area contributed by atoms with E-state index in [4.69, 9.17) is 14.6 Å². The second-order valence-electron chi connectivity index (χ2n) is 4.21. The minimum Gasteiger partial charge on any atom is -0.497 e. The van der Waals surface area contributed by atoms with Crippen LogP contribution in [0.2, 0.25) is 0 Å². The molecule has 1 amide bonds. The first kappa shape index (κ1) is 13.4. The molecule has 0 aliphatic carbocycles. The number of carbonyl (C=O) groups excluding carboxylic acids is 1. The van der Waals surface area contributed by atoms with E-state index in [-0.39, 0.29) is 17.2 Å². The van der Waals surface area contributed by atoms with Gasteiger partial charge >= 0.3 is 5.97 Å². The van der Waals surface area contributed by atoms with Gasteiger partial charge in [0.2, 0.25) is 0 Å². The summed E-state index contributed by atoms with van der Waals surface area (Å²) in [5, 5.41) is 11.7. The first-order valence-corrected chi connectivity index (χ1v) is 5.95. The second kappa shape index (κ2) is 5.71. The number of amides is 1. The topological polar surface area (TPSA) is 84.9 Å². The Labute approximate surface area is 110 Å². The molecular weight excluding hydrogens is 250 g/mol. The molecule has 2 N–H and O–H groups in total. The largest absolute Gasteiger partial charge is 0.497 e. The summed E-state index contributed by atoms with van der Waals surface area (Å²) in [5.41, 5.74) is 0.236. The summed E-state index contributed by atoms with van der Waals surface area (Å²) in [4.78, 5) is 23.0. The van der Waals surface area contributed by atoms with Crippen LogP contribution in [0.15, 0.2) is 18.2 Å². The predicted molar refractivity (Wildman–Crippen MR) is 67.6 cm³/mol. The van der Waals surface area contributed by atoms with E-state index in [1.165, 1.54) is 25.3 Å². The number of hydrogen-bond acceptors (Lipinski definition) is 4. The molecule has 1 aliphatic rings. The van der Waals surface area contributed by atoms with Crippen LogP contribution in [-0.4, -0.2) is 36.8 Å². The number of carboxylic acid groups (broad SMARTS) is 1. The lowest BCUT2D eigenvalue weighted by molar-refractivity contribution is -0.124. The third-order valence-corrected chi connectivity index (χ3v) is 2.94. The highest BCUT2D eigenvalue weighted by molar-refractivity contribution is 6.02. The van der Waals surface area contributed by atoms with Crippen LogP contribution in [0.5, 0.6) is 5.75 Å². The van der Waals surface area contributed by atoms with E-state index in [1.54, 1.807) is 0 Å². The Kier molecular flexibility index (Phi) is 4.01. The van der Waals surface area contributed by atoms with Crippen LogP contribution in [0, 0.1) is 0 Å². The zero-order chi connectivity index (χ0) is 13.8. The molecule has 1 saturated heterocycles. The fraction of sp³-hybridized carbons (Fsp3) is 0.385. The lowest BCUT2D eigenvalue weighted by atomic mass is 10.1. The van der Waals surface area contributed by atoms with Crippen molar-refractivity contribution in [2.24, 2.45) is 0 Å². The van der Waals surface area contributed by atoms with Crippen molar-refractivity contribution in [2.45, 2.75) is 18.9 Å². The minimum absolute atomic E-state index is 0.0205. The highest BCUT2D eigenvalue weighted by Gasteiger charge is 2.25. The van der Waals surface area contributed by atoms with E-state index in [0.717, 1.165) is 6.42 Å². The van der Waals surface area contributed by atoms with Crippen LogP contribution in [0.4, 0.5) is 5.69 Å². The molecule has 0 radical (unpaired) electrons. The van der Waals surface area contributed by atoms with Crippen molar-refractivity contribution in [2.75, 3.05) is 19.0 Å². The quantitative estimate of drug-likeness (QED) is 0.862. The molecule has 1 fully saturated rings. The van der Waals surface area contributed by atoms with Gasteiger partial charge in [-0.1, -0.05) is 0 Å². The minimum atomic E-state index is -1.11. The molecule has 19 heavy (non-hydrogen) atoms. The molecule has 1 aromatic carbocycles. The van der Waals surface area contributed by atoms with Crippen molar-refractivity contribution in [1.82, 2.24) is 0 Å². The van der Waals surface area contributed by atoms with E-state index in [1.807, 2.05) is 0 Å². The van der Waals surface area contributed by atoms with E-state index in [2.05, 4.69) is 5.32 Å². The van der Waals surface area contributed by atoms with Gasteiger partial charge in [0.15, 0.2) is 0 Å². The summed E-state index contributed by atoms with van der Waals surface area (Å²) in [6.45, 7) is 0.558. The molecule has 0 saturated carbocycles. The van der Waals surface area contributed by atoms with Gasteiger partial charge < -0.3 is 19.9 Å². The molecule has 1 heterocycles. The van der Waals surface area contributed by atoms with E-state index < -0.39 is 12.1 Å². The van der Waals surface area contributed by atoms with Crippen molar-refractivity contribution in [3.63, 3.8) is 0 Å². The number of benzene rings is 1. The van der Waals surface area contributed by atoms with Crippen LogP contribution in [0.25, 0.3) is 0 Å². The van der Waals surface area contributed by atoms with Gasteiger partial charge in [-0.05, 0) is 25.0 Å². The SMILES string of the molecule is COc1ccc(C(=O)O)c(NC(=O)[C@H]2CCCO2)c1. The molecule has 6 heteroatoms. The number of anilines is 1. The Morgan fingerprint density at radius 3 is 2.84 bits per heavy atom. The van der Waals surface area contributed by atoms with Crippen molar-refractivity contribution in [3.8, 4) is 5.75 Å². The third kappa shape index (κ3) is 3.03. The van der Waals surface area contributed by atoms with Crippen molar-refractivity contribution < 1.29 is 24.2 Å². The van der Waals surface area contributed by atoms with Gasteiger partial charge in [-0.25, -0.2) is 4.79 Å². The second-order valence-corrected chi connectivity index (χ2v) is 4.21. The number of aromatic carboxylic acids is 1. The van der Waals surface area contributed by atoms with Gasteiger partial charge in [0.25, 0.3) is 5.91 Å². The number of nitrogens with one attached hydrogen (secondary N) is 1. The Morgan fingerprint density at radius 1 is 1.47 bits per heavy atom. The molecule has 0 unspecified atom stereocenters. The number of carbonyl (C=O) groups is 2. The molecular formula is C13H15NO5. The highest BCUT2D eigenvalue weighted by Crippen LogP contribution is 2.24. The Bertz CT molecular complexity index is 494. The monoisotopic (exact) mass is 265 g/mol. The normalized spacial score (nSPS) is 18.1. The van der Waals surface area contributed by atoms with Crippen LogP contribution < -0.4 is 10.1 Å². The Balaban J connectivity index is 2.21. The summed E-state index contributed by atoms with van der Waals surface area (Å²) in [5.74, 6) is -0.953. The first-order valence-electron chi connectivity index (χ1n) is 5.95. The van der Waals surface area contributed by atoms with Gasteiger partial charge in [0.05, 0.1) is 18.4 Å². The van der Waals surface area contributed by atoms with Crippen molar-refractivity contribution in [1.29, 1.82) is 0 Å². The molecule has 6 nitrogen and oxygen atoms in total. The van der Waals surface area contributed by atoms with Gasteiger partial charge in [-0.15, -0.1) is 0 Å².